The predicted molar refractivity (Wildman–Crippen MR) is 38.1 cm³/mol. The molecule has 5 heteroatoms. The summed E-state index contributed by atoms with van der Waals surface area (Å²) >= 11 is -1.31. The molecule has 0 atom stereocenters. The molecule has 0 aliphatic carbocycles. The summed E-state index contributed by atoms with van der Waals surface area (Å²) in [6.45, 7) is 3.94. The molecule has 4 nitrogen and oxygen atoms in total. The Morgan fingerprint density at radius 3 is 2.40 bits per heavy atom. The molecule has 4 N–H and O–H groups in total. The molecule has 0 radical (unpaired) electrons. The molecule has 0 spiro atoms. The molecular weight excluding hydrogens is 147 g/mol. The van der Waals surface area contributed by atoms with E-state index in [9.17, 15) is 3.80 Å². The summed E-state index contributed by atoms with van der Waals surface area (Å²) in [5, 5.41) is 0. The molecule has 0 heterocycles. The third kappa shape index (κ3) is 4.89. The van der Waals surface area contributed by atoms with Crippen molar-refractivity contribution in [2.45, 2.75) is 26.1 Å². The van der Waals surface area contributed by atoms with Crippen LogP contribution < -0.4 is 11.5 Å². The molecule has 0 aromatic rings. The first kappa shape index (κ1) is 10.1. The van der Waals surface area contributed by atoms with Gasteiger partial charge in [0.2, 0.25) is 0 Å². The van der Waals surface area contributed by atoms with Crippen LogP contribution in [-0.4, -0.2) is 21.3 Å². The first-order valence-corrected chi connectivity index (χ1v) is 4.11. The van der Waals surface area contributed by atoms with Crippen molar-refractivity contribution in [2.75, 3.05) is 0 Å². The summed E-state index contributed by atoms with van der Waals surface area (Å²) in [7, 11) is 0. The van der Waals surface area contributed by atoms with Gasteiger partial charge in [-0.1, -0.05) is 0 Å². The van der Waals surface area contributed by atoms with Gasteiger partial charge in [-0.15, -0.1) is 0 Å². The van der Waals surface area contributed by atoms with Gasteiger partial charge in [0.15, 0.2) is 0 Å². The van der Waals surface area contributed by atoms with Crippen LogP contribution in [0.4, 0.5) is 0 Å². The van der Waals surface area contributed by atoms with E-state index < -0.39 is 21.3 Å². The van der Waals surface area contributed by atoms with Crippen LogP contribution in [-0.2, 0) is 7.59 Å². The van der Waals surface area contributed by atoms with Gasteiger partial charge in [-0.3, -0.25) is 0 Å². The third-order valence-corrected chi connectivity index (χ3v) is 1.53. The normalized spacial score (nSPS) is 11.3. The van der Waals surface area contributed by atoms with Crippen LogP contribution in [0.3, 0.4) is 0 Å². The molecular formula is C5H13AlN2O2. The Labute approximate surface area is 67.2 Å². The van der Waals surface area contributed by atoms with Gasteiger partial charge in [-0.25, -0.2) is 0 Å². The first-order valence-electron chi connectivity index (χ1n) is 3.17. The zero-order chi connectivity index (χ0) is 8.20. The van der Waals surface area contributed by atoms with Crippen LogP contribution in [0.2, 0.25) is 0 Å². The molecule has 0 saturated carbocycles. The summed E-state index contributed by atoms with van der Waals surface area (Å²) in [5.74, 6) is -0.855. The second-order valence-electron chi connectivity index (χ2n) is 2.77. The van der Waals surface area contributed by atoms with Crippen LogP contribution in [0.5, 0.6) is 0 Å². The topological polar surface area (TPSA) is 78.3 Å². The number of hydrogen-bond donors (Lipinski definition) is 2. The molecule has 0 aliphatic rings. The van der Waals surface area contributed by atoms with Gasteiger partial charge in [0.1, 0.15) is 0 Å². The fourth-order valence-corrected chi connectivity index (χ4v) is 1.05. The van der Waals surface area contributed by atoms with Gasteiger partial charge < -0.3 is 0 Å². The number of nitrogens with two attached hydrogens (primary N) is 2. The van der Waals surface area contributed by atoms with Crippen molar-refractivity contribution in [3.63, 3.8) is 0 Å². The van der Waals surface area contributed by atoms with Crippen LogP contribution in [0.25, 0.3) is 0 Å². The van der Waals surface area contributed by atoms with Crippen molar-refractivity contribution in [3.8, 4) is 0 Å². The van der Waals surface area contributed by atoms with E-state index >= 15 is 0 Å². The third-order valence-electron chi connectivity index (χ3n) is 0.995. The zero-order valence-corrected chi connectivity index (χ0v) is 7.49. The second-order valence-corrected chi connectivity index (χ2v) is 3.20. The van der Waals surface area contributed by atoms with Crippen molar-refractivity contribution >= 4 is 15.5 Å². The van der Waals surface area contributed by atoms with Gasteiger partial charge in [0.25, 0.3) is 0 Å². The van der Waals surface area contributed by atoms with E-state index in [1.807, 2.05) is 13.8 Å². The van der Waals surface area contributed by atoms with Gasteiger partial charge in [0.05, 0.1) is 0 Å². The second kappa shape index (κ2) is 4.04. The van der Waals surface area contributed by atoms with Crippen molar-refractivity contribution in [2.24, 2.45) is 17.4 Å². The van der Waals surface area contributed by atoms with Crippen LogP contribution >= 0.6 is 0 Å². The molecule has 0 amide bonds. The predicted octanol–water partition coefficient (Wildman–Crippen LogP) is -0.415. The summed E-state index contributed by atoms with van der Waals surface area (Å²) in [4.78, 5) is 0. The average molecular weight is 160 g/mol. The molecule has 0 saturated heterocycles. The molecule has 0 aromatic carbocycles. The molecule has 0 unspecified atom stereocenters. The average Bonchev–Trinajstić information content (AvgIpc) is 1.59. The first-order chi connectivity index (χ1) is 4.48. The van der Waals surface area contributed by atoms with Gasteiger partial charge in [-0.05, 0) is 0 Å². The van der Waals surface area contributed by atoms with Gasteiger partial charge >= 0.3 is 66.6 Å². The minimum atomic E-state index is -1.31. The zero-order valence-electron chi connectivity index (χ0n) is 6.33. The Morgan fingerprint density at radius 1 is 1.60 bits per heavy atom. The van der Waals surface area contributed by atoms with Crippen LogP contribution in [0, 0.1) is 5.92 Å². The maximum atomic E-state index is 10.0. The summed E-state index contributed by atoms with van der Waals surface area (Å²) in [6, 6.07) is 0. The van der Waals surface area contributed by atoms with E-state index in [2.05, 4.69) is 3.79 Å². The quantitative estimate of drug-likeness (QED) is 0.432. The molecule has 10 heavy (non-hydrogen) atoms. The minimum absolute atomic E-state index is 0.348. The molecule has 0 rings (SSSR count). The molecule has 0 fully saturated rings. The van der Waals surface area contributed by atoms with E-state index in [-0.39, 0.29) is 0 Å². The van der Waals surface area contributed by atoms with E-state index in [4.69, 9.17) is 11.5 Å². The maximum absolute atomic E-state index is 10.0. The monoisotopic (exact) mass is 160 g/mol. The van der Waals surface area contributed by atoms with Crippen molar-refractivity contribution in [1.29, 1.82) is 0 Å². The van der Waals surface area contributed by atoms with Crippen LogP contribution in [0.15, 0.2) is 0 Å². The van der Waals surface area contributed by atoms with Gasteiger partial charge in [0, 0.05) is 0 Å². The van der Waals surface area contributed by atoms with E-state index in [1.165, 1.54) is 0 Å². The number of rotatable bonds is 4. The summed E-state index contributed by atoms with van der Waals surface area (Å²) in [6.07, 6.45) is 0.516. The molecule has 0 bridgehead atoms. The van der Waals surface area contributed by atoms with E-state index in [1.54, 1.807) is 0 Å². The Kier molecular flexibility index (Phi) is 4.06. The fourth-order valence-electron chi connectivity index (χ4n) is 0.776. The van der Waals surface area contributed by atoms with E-state index in [0.717, 1.165) is 0 Å². The molecule has 58 valence electrons. The Bertz CT molecular complexity index is 116. The Balaban J connectivity index is 3.73. The van der Waals surface area contributed by atoms with Crippen LogP contribution in [0.1, 0.15) is 20.3 Å². The van der Waals surface area contributed by atoms with Gasteiger partial charge in [-0.2, -0.15) is 0 Å². The van der Waals surface area contributed by atoms with Crippen molar-refractivity contribution in [1.82, 2.24) is 0 Å². The summed E-state index contributed by atoms with van der Waals surface area (Å²) < 4.78 is 14.7. The van der Waals surface area contributed by atoms with Crippen molar-refractivity contribution < 1.29 is 7.59 Å². The standard InChI is InChI=1S/C5H13N2O.Al.O/c1-4(2)3-5(6,7)8;;/h4H,3,6-7H2,1-2H3;;/q-1;+1;. The van der Waals surface area contributed by atoms with Crippen molar-refractivity contribution in [3.05, 3.63) is 0 Å². The number of hydrogen-bond acceptors (Lipinski definition) is 4. The molecule has 0 aliphatic heterocycles. The Morgan fingerprint density at radius 2 is 2.10 bits per heavy atom. The van der Waals surface area contributed by atoms with E-state index in [0.29, 0.717) is 12.3 Å². The molecule has 0 aromatic heterocycles. The summed E-state index contributed by atoms with van der Waals surface area (Å²) in [5.41, 5.74) is 10.8. The fraction of sp³-hybridized carbons (Fsp3) is 1.00. The SMILES string of the molecule is CC(C)CC(N)(N)[O][Al]=[O]. The Hall–Kier alpha value is 0.0525.